The van der Waals surface area contributed by atoms with Crippen LogP contribution in [-0.2, 0) is 11.3 Å². The van der Waals surface area contributed by atoms with Crippen LogP contribution in [0.25, 0.3) is 0 Å². The smallest absolute Gasteiger partial charge is 0.236 e. The Morgan fingerprint density at radius 1 is 1.32 bits per heavy atom. The summed E-state index contributed by atoms with van der Waals surface area (Å²) in [6.45, 7) is 3.96. The van der Waals surface area contributed by atoms with Crippen LogP contribution in [-0.4, -0.2) is 42.9 Å². The van der Waals surface area contributed by atoms with Crippen LogP contribution in [0.1, 0.15) is 24.5 Å². The Hall–Kier alpha value is -1.86. The molecule has 0 fully saturated rings. The summed E-state index contributed by atoms with van der Waals surface area (Å²) in [5, 5.41) is 9.09. The number of likely N-dealkylation sites (N-methyl/N-ethyl adjacent to an activating group) is 1. The number of benzene rings is 1. The third-order valence-corrected chi connectivity index (χ3v) is 2.93. The molecule has 4 nitrogen and oxygen atoms in total. The van der Waals surface area contributed by atoms with Crippen LogP contribution < -0.4 is 0 Å². The van der Waals surface area contributed by atoms with Gasteiger partial charge in [0.15, 0.2) is 0 Å². The summed E-state index contributed by atoms with van der Waals surface area (Å²) in [6.07, 6.45) is 0.982. The topological polar surface area (TPSA) is 47.3 Å². The molecule has 1 amide bonds. The Morgan fingerprint density at radius 3 is 2.58 bits per heavy atom. The van der Waals surface area contributed by atoms with E-state index in [1.807, 2.05) is 24.3 Å². The average Bonchev–Trinajstić information content (AvgIpc) is 2.39. The molecule has 0 saturated heterocycles. The summed E-state index contributed by atoms with van der Waals surface area (Å²) >= 11 is 0. The minimum atomic E-state index is 0.0860. The van der Waals surface area contributed by atoms with Gasteiger partial charge in [0.1, 0.15) is 0 Å². The van der Waals surface area contributed by atoms with Crippen molar-refractivity contribution in [2.45, 2.75) is 19.9 Å². The van der Waals surface area contributed by atoms with Gasteiger partial charge in [0.05, 0.1) is 18.2 Å². The fraction of sp³-hybridized carbons (Fsp3) is 0.467. The van der Waals surface area contributed by atoms with Gasteiger partial charge in [-0.3, -0.25) is 9.69 Å². The monoisotopic (exact) mass is 259 g/mol. The zero-order valence-electron chi connectivity index (χ0n) is 11.9. The summed E-state index contributed by atoms with van der Waals surface area (Å²) in [6, 6.07) is 9.74. The van der Waals surface area contributed by atoms with Gasteiger partial charge in [0.2, 0.25) is 5.91 Å². The van der Waals surface area contributed by atoms with Crippen LogP contribution in [0.2, 0.25) is 0 Å². The number of carbonyl (C=O) groups is 1. The van der Waals surface area contributed by atoms with Crippen LogP contribution in [0.5, 0.6) is 0 Å². The van der Waals surface area contributed by atoms with Gasteiger partial charge in [-0.1, -0.05) is 25.1 Å². The first-order valence-electron chi connectivity index (χ1n) is 6.49. The molecule has 4 heteroatoms. The predicted molar refractivity (Wildman–Crippen MR) is 75.4 cm³/mol. The van der Waals surface area contributed by atoms with Crippen LogP contribution in [0, 0.1) is 11.3 Å². The molecule has 0 unspecified atom stereocenters. The molecule has 0 aliphatic heterocycles. The second kappa shape index (κ2) is 7.55. The molecule has 1 rings (SSSR count). The SMILES string of the molecule is CCCN(CC(=O)N(C)C)Cc1ccccc1C#N. The minimum absolute atomic E-state index is 0.0860. The number of rotatable bonds is 6. The van der Waals surface area contributed by atoms with Crippen molar-refractivity contribution in [2.24, 2.45) is 0 Å². The molecule has 0 aliphatic rings. The Balaban J connectivity index is 2.78. The van der Waals surface area contributed by atoms with Crippen molar-refractivity contribution in [2.75, 3.05) is 27.2 Å². The van der Waals surface area contributed by atoms with E-state index >= 15 is 0 Å². The van der Waals surface area contributed by atoms with E-state index in [0.717, 1.165) is 18.5 Å². The van der Waals surface area contributed by atoms with E-state index in [4.69, 9.17) is 5.26 Å². The first kappa shape index (κ1) is 15.2. The summed E-state index contributed by atoms with van der Waals surface area (Å²) < 4.78 is 0. The largest absolute Gasteiger partial charge is 0.348 e. The van der Waals surface area contributed by atoms with Gasteiger partial charge >= 0.3 is 0 Å². The van der Waals surface area contributed by atoms with Gasteiger partial charge in [-0.25, -0.2) is 0 Å². The lowest BCUT2D eigenvalue weighted by Crippen LogP contribution is -2.36. The Labute approximate surface area is 115 Å². The molecule has 0 aromatic heterocycles. The number of carbonyl (C=O) groups excluding carboxylic acids is 1. The normalized spacial score (nSPS) is 10.3. The molecule has 19 heavy (non-hydrogen) atoms. The highest BCUT2D eigenvalue weighted by Gasteiger charge is 2.13. The molecule has 102 valence electrons. The Morgan fingerprint density at radius 2 is 2.00 bits per heavy atom. The second-order valence-electron chi connectivity index (χ2n) is 4.77. The fourth-order valence-electron chi connectivity index (χ4n) is 1.87. The molecule has 0 bridgehead atoms. The third kappa shape index (κ3) is 4.72. The Kier molecular flexibility index (Phi) is 6.04. The van der Waals surface area contributed by atoms with Crippen LogP contribution >= 0.6 is 0 Å². The van der Waals surface area contributed by atoms with Crippen molar-refractivity contribution in [3.8, 4) is 6.07 Å². The van der Waals surface area contributed by atoms with Crippen LogP contribution in [0.3, 0.4) is 0 Å². The van der Waals surface area contributed by atoms with Gasteiger partial charge in [-0.05, 0) is 24.6 Å². The van der Waals surface area contributed by atoms with E-state index in [-0.39, 0.29) is 5.91 Å². The van der Waals surface area contributed by atoms with Gasteiger partial charge in [0.25, 0.3) is 0 Å². The molecule has 0 aliphatic carbocycles. The Bertz CT molecular complexity index is 463. The lowest BCUT2D eigenvalue weighted by atomic mass is 10.1. The molecule has 0 N–H and O–H groups in total. The van der Waals surface area contributed by atoms with Crippen molar-refractivity contribution >= 4 is 5.91 Å². The zero-order chi connectivity index (χ0) is 14.3. The van der Waals surface area contributed by atoms with Crippen molar-refractivity contribution in [3.63, 3.8) is 0 Å². The van der Waals surface area contributed by atoms with E-state index < -0.39 is 0 Å². The van der Waals surface area contributed by atoms with Crippen LogP contribution in [0.4, 0.5) is 0 Å². The maximum Gasteiger partial charge on any atom is 0.236 e. The maximum atomic E-state index is 11.8. The maximum absolute atomic E-state index is 11.8. The van der Waals surface area contributed by atoms with Crippen LogP contribution in [0.15, 0.2) is 24.3 Å². The number of nitrogens with zero attached hydrogens (tertiary/aromatic N) is 3. The van der Waals surface area contributed by atoms with E-state index in [1.165, 1.54) is 0 Å². The molecule has 1 aromatic rings. The highest BCUT2D eigenvalue weighted by atomic mass is 16.2. The number of nitriles is 1. The standard InChI is InChI=1S/C15H21N3O/c1-4-9-18(12-15(19)17(2)3)11-14-8-6-5-7-13(14)10-16/h5-8H,4,9,11-12H2,1-3H3. The van der Waals surface area contributed by atoms with E-state index in [1.54, 1.807) is 19.0 Å². The van der Waals surface area contributed by atoms with E-state index in [9.17, 15) is 4.79 Å². The average molecular weight is 259 g/mol. The lowest BCUT2D eigenvalue weighted by Gasteiger charge is -2.23. The molecular weight excluding hydrogens is 238 g/mol. The number of hydrogen-bond acceptors (Lipinski definition) is 3. The van der Waals surface area contributed by atoms with Gasteiger partial charge in [-0.15, -0.1) is 0 Å². The molecular formula is C15H21N3O. The fourth-order valence-corrected chi connectivity index (χ4v) is 1.87. The molecule has 0 atom stereocenters. The summed E-state index contributed by atoms with van der Waals surface area (Å²) in [4.78, 5) is 15.5. The molecule has 0 saturated carbocycles. The zero-order valence-corrected chi connectivity index (χ0v) is 11.9. The first-order chi connectivity index (χ1) is 9.08. The van der Waals surface area contributed by atoms with Crippen molar-refractivity contribution in [1.82, 2.24) is 9.80 Å². The van der Waals surface area contributed by atoms with Gasteiger partial charge < -0.3 is 4.90 Å². The van der Waals surface area contributed by atoms with Crippen molar-refractivity contribution in [1.29, 1.82) is 5.26 Å². The van der Waals surface area contributed by atoms with E-state index in [2.05, 4.69) is 17.9 Å². The quantitative estimate of drug-likeness (QED) is 0.783. The lowest BCUT2D eigenvalue weighted by molar-refractivity contribution is -0.130. The first-order valence-corrected chi connectivity index (χ1v) is 6.49. The van der Waals surface area contributed by atoms with Crippen molar-refractivity contribution in [3.05, 3.63) is 35.4 Å². The summed E-state index contributed by atoms with van der Waals surface area (Å²) in [5.41, 5.74) is 1.66. The highest BCUT2D eigenvalue weighted by Crippen LogP contribution is 2.11. The number of hydrogen-bond donors (Lipinski definition) is 0. The molecule has 0 radical (unpaired) electrons. The predicted octanol–water partition coefficient (Wildman–Crippen LogP) is 1.86. The third-order valence-electron chi connectivity index (χ3n) is 2.93. The highest BCUT2D eigenvalue weighted by molar-refractivity contribution is 5.77. The summed E-state index contributed by atoms with van der Waals surface area (Å²) in [5.74, 6) is 0.0860. The number of amides is 1. The van der Waals surface area contributed by atoms with E-state index in [0.29, 0.717) is 18.7 Å². The molecule has 1 aromatic carbocycles. The van der Waals surface area contributed by atoms with Crippen molar-refractivity contribution < 1.29 is 4.79 Å². The summed E-state index contributed by atoms with van der Waals surface area (Å²) in [7, 11) is 3.52. The minimum Gasteiger partial charge on any atom is -0.348 e. The second-order valence-corrected chi connectivity index (χ2v) is 4.77. The van der Waals surface area contributed by atoms with Gasteiger partial charge in [0, 0.05) is 20.6 Å². The van der Waals surface area contributed by atoms with Gasteiger partial charge in [-0.2, -0.15) is 5.26 Å². The molecule has 0 heterocycles. The molecule has 0 spiro atoms.